The van der Waals surface area contributed by atoms with E-state index in [1.807, 2.05) is 24.4 Å². The lowest BCUT2D eigenvalue weighted by atomic mass is 10.1. The van der Waals surface area contributed by atoms with E-state index in [1.165, 1.54) is 6.07 Å². The van der Waals surface area contributed by atoms with Crippen molar-refractivity contribution in [1.29, 1.82) is 0 Å². The summed E-state index contributed by atoms with van der Waals surface area (Å²) < 4.78 is 28.3. The van der Waals surface area contributed by atoms with E-state index in [9.17, 15) is 8.78 Å². The van der Waals surface area contributed by atoms with Crippen molar-refractivity contribution in [1.82, 2.24) is 4.98 Å². The maximum atomic E-state index is 13.8. The fourth-order valence-corrected chi connectivity index (χ4v) is 3.18. The molecule has 0 aliphatic heterocycles. The number of fused-ring (bicyclic) bond motifs is 1. The first-order valence-corrected chi connectivity index (χ1v) is 7.96. The zero-order valence-corrected chi connectivity index (χ0v) is 13.4. The second kappa shape index (κ2) is 5.69. The standard InChI is InChI=1S/C15H11BrF2N2S/c1-8(9-4-15-13(19-7-9)2-3-21-15)20-14-5-10(16)11(17)6-12(14)18/h2-8,20H,1H3. The highest BCUT2D eigenvalue weighted by Crippen LogP contribution is 2.28. The summed E-state index contributed by atoms with van der Waals surface area (Å²) in [5, 5.41) is 5.03. The molecule has 1 atom stereocenters. The van der Waals surface area contributed by atoms with Crippen LogP contribution in [0.2, 0.25) is 0 Å². The molecule has 1 N–H and O–H groups in total. The summed E-state index contributed by atoms with van der Waals surface area (Å²) in [6, 6.07) is 6.11. The molecule has 0 saturated carbocycles. The monoisotopic (exact) mass is 368 g/mol. The molecule has 0 fully saturated rings. The van der Waals surface area contributed by atoms with Gasteiger partial charge in [-0.25, -0.2) is 8.78 Å². The van der Waals surface area contributed by atoms with Crippen molar-refractivity contribution in [2.24, 2.45) is 0 Å². The van der Waals surface area contributed by atoms with Gasteiger partial charge in [0.15, 0.2) is 0 Å². The van der Waals surface area contributed by atoms with Crippen LogP contribution in [0.4, 0.5) is 14.5 Å². The Bertz CT molecular complexity index is 803. The molecule has 0 aliphatic carbocycles. The van der Waals surface area contributed by atoms with E-state index >= 15 is 0 Å². The lowest BCUT2D eigenvalue weighted by molar-refractivity contribution is 0.579. The van der Waals surface area contributed by atoms with Crippen LogP contribution in [0.3, 0.4) is 0 Å². The van der Waals surface area contributed by atoms with Crippen molar-refractivity contribution in [2.45, 2.75) is 13.0 Å². The molecule has 2 nitrogen and oxygen atoms in total. The number of thiophene rings is 1. The lowest BCUT2D eigenvalue weighted by Crippen LogP contribution is -2.08. The van der Waals surface area contributed by atoms with Crippen LogP contribution in [-0.4, -0.2) is 4.98 Å². The van der Waals surface area contributed by atoms with Gasteiger partial charge in [-0.15, -0.1) is 11.3 Å². The molecule has 1 aromatic carbocycles. The van der Waals surface area contributed by atoms with Crippen LogP contribution in [0.25, 0.3) is 10.2 Å². The number of pyridine rings is 1. The molecule has 3 rings (SSSR count). The number of benzene rings is 1. The Kier molecular flexibility index (Phi) is 3.91. The number of anilines is 1. The summed E-state index contributed by atoms with van der Waals surface area (Å²) >= 11 is 4.67. The summed E-state index contributed by atoms with van der Waals surface area (Å²) in [4.78, 5) is 4.37. The number of nitrogens with zero attached hydrogens (tertiary/aromatic N) is 1. The number of hydrogen-bond acceptors (Lipinski definition) is 3. The van der Waals surface area contributed by atoms with Crippen LogP contribution in [0, 0.1) is 11.6 Å². The van der Waals surface area contributed by atoms with Crippen molar-refractivity contribution in [3.05, 3.63) is 57.5 Å². The molecule has 6 heteroatoms. The number of nitrogens with one attached hydrogen (secondary N) is 1. The Morgan fingerprint density at radius 2 is 2.05 bits per heavy atom. The molecule has 0 spiro atoms. The van der Waals surface area contributed by atoms with E-state index in [0.717, 1.165) is 21.8 Å². The van der Waals surface area contributed by atoms with Gasteiger partial charge in [0.05, 0.1) is 26.4 Å². The van der Waals surface area contributed by atoms with Crippen LogP contribution in [0.15, 0.2) is 40.3 Å². The van der Waals surface area contributed by atoms with Gasteiger partial charge in [0.25, 0.3) is 0 Å². The average Bonchev–Trinajstić information content (AvgIpc) is 2.92. The molecule has 0 amide bonds. The lowest BCUT2D eigenvalue weighted by Gasteiger charge is -2.16. The summed E-state index contributed by atoms with van der Waals surface area (Å²) in [5.41, 5.74) is 2.15. The largest absolute Gasteiger partial charge is 0.376 e. The zero-order valence-electron chi connectivity index (χ0n) is 11.0. The number of hydrogen-bond donors (Lipinski definition) is 1. The summed E-state index contributed by atoms with van der Waals surface area (Å²) in [6.07, 6.45) is 1.77. The number of rotatable bonds is 3. The second-order valence-corrected chi connectivity index (χ2v) is 6.49. The first-order valence-electron chi connectivity index (χ1n) is 6.29. The molecule has 1 unspecified atom stereocenters. The van der Waals surface area contributed by atoms with Gasteiger partial charge in [-0.05, 0) is 52.0 Å². The fourth-order valence-electron chi connectivity index (χ4n) is 2.05. The molecule has 108 valence electrons. The van der Waals surface area contributed by atoms with Gasteiger partial charge < -0.3 is 5.32 Å². The first-order chi connectivity index (χ1) is 10.0. The first kappa shape index (κ1) is 14.4. The smallest absolute Gasteiger partial charge is 0.149 e. The van der Waals surface area contributed by atoms with Crippen molar-refractivity contribution in [3.8, 4) is 0 Å². The Morgan fingerprint density at radius 1 is 1.24 bits per heavy atom. The highest BCUT2D eigenvalue weighted by molar-refractivity contribution is 9.10. The van der Waals surface area contributed by atoms with Gasteiger partial charge in [-0.1, -0.05) is 0 Å². The third-order valence-electron chi connectivity index (χ3n) is 3.21. The van der Waals surface area contributed by atoms with E-state index in [-0.39, 0.29) is 16.2 Å². The molecule has 0 saturated heterocycles. The predicted octanol–water partition coefficient (Wildman–Crippen LogP) is 5.51. The molecule has 0 radical (unpaired) electrons. The molecule has 3 aromatic rings. The molecule has 2 aromatic heterocycles. The maximum Gasteiger partial charge on any atom is 0.149 e. The van der Waals surface area contributed by atoms with Crippen molar-refractivity contribution < 1.29 is 8.78 Å². The molecule has 2 heterocycles. The Balaban J connectivity index is 1.88. The molecule has 0 bridgehead atoms. The minimum Gasteiger partial charge on any atom is -0.376 e. The fraction of sp³-hybridized carbons (Fsp3) is 0.133. The minimum atomic E-state index is -0.618. The Morgan fingerprint density at radius 3 is 2.86 bits per heavy atom. The minimum absolute atomic E-state index is 0.143. The predicted molar refractivity (Wildman–Crippen MR) is 85.7 cm³/mol. The average molecular weight is 369 g/mol. The van der Waals surface area contributed by atoms with E-state index in [0.29, 0.717) is 0 Å². The van der Waals surface area contributed by atoms with Crippen molar-refractivity contribution in [2.75, 3.05) is 5.32 Å². The summed E-state index contributed by atoms with van der Waals surface area (Å²) in [7, 11) is 0. The van der Waals surface area contributed by atoms with Crippen molar-refractivity contribution >= 4 is 43.2 Å². The van der Waals surface area contributed by atoms with Crippen LogP contribution >= 0.6 is 27.3 Å². The molecule has 0 aliphatic rings. The van der Waals surface area contributed by atoms with Gasteiger partial charge >= 0.3 is 0 Å². The van der Waals surface area contributed by atoms with Crippen LogP contribution in [0.5, 0.6) is 0 Å². The van der Waals surface area contributed by atoms with E-state index < -0.39 is 11.6 Å². The van der Waals surface area contributed by atoms with E-state index in [2.05, 4.69) is 26.2 Å². The molecular weight excluding hydrogens is 358 g/mol. The number of aromatic nitrogens is 1. The third-order valence-corrected chi connectivity index (χ3v) is 4.67. The highest BCUT2D eigenvalue weighted by atomic mass is 79.9. The van der Waals surface area contributed by atoms with E-state index in [4.69, 9.17) is 0 Å². The Hall–Kier alpha value is -1.53. The van der Waals surface area contributed by atoms with Crippen LogP contribution in [-0.2, 0) is 0 Å². The summed E-state index contributed by atoms with van der Waals surface area (Å²) in [6.45, 7) is 1.91. The van der Waals surface area contributed by atoms with Gasteiger partial charge in [0.2, 0.25) is 0 Å². The second-order valence-electron chi connectivity index (χ2n) is 4.68. The zero-order chi connectivity index (χ0) is 15.0. The van der Waals surface area contributed by atoms with Gasteiger partial charge in [-0.2, -0.15) is 0 Å². The molecular formula is C15H11BrF2N2S. The van der Waals surface area contributed by atoms with Gasteiger partial charge in [0, 0.05) is 12.3 Å². The molecule has 21 heavy (non-hydrogen) atoms. The summed E-state index contributed by atoms with van der Waals surface area (Å²) in [5.74, 6) is -1.24. The van der Waals surface area contributed by atoms with Gasteiger partial charge in [0.1, 0.15) is 11.6 Å². The normalized spacial score (nSPS) is 12.6. The van der Waals surface area contributed by atoms with Gasteiger partial charge in [-0.3, -0.25) is 4.98 Å². The number of halogens is 3. The van der Waals surface area contributed by atoms with Crippen molar-refractivity contribution in [3.63, 3.8) is 0 Å². The SMILES string of the molecule is CC(Nc1cc(Br)c(F)cc1F)c1cnc2ccsc2c1. The maximum absolute atomic E-state index is 13.8. The third kappa shape index (κ3) is 2.91. The van der Waals surface area contributed by atoms with Crippen LogP contribution < -0.4 is 5.32 Å². The van der Waals surface area contributed by atoms with Crippen LogP contribution in [0.1, 0.15) is 18.5 Å². The Labute approximate surface area is 133 Å². The quantitative estimate of drug-likeness (QED) is 0.616. The topological polar surface area (TPSA) is 24.9 Å². The van der Waals surface area contributed by atoms with E-state index in [1.54, 1.807) is 17.5 Å². The highest BCUT2D eigenvalue weighted by Gasteiger charge is 2.13.